The monoisotopic (exact) mass is 244 g/mol. The molecule has 0 aliphatic carbocycles. The summed E-state index contributed by atoms with van der Waals surface area (Å²) in [5.74, 6) is 0.747. The molecule has 94 valence electrons. The van der Waals surface area contributed by atoms with Gasteiger partial charge in [-0.25, -0.2) is 4.79 Å². The minimum absolute atomic E-state index is 0.116. The number of carbonyl (C=O) groups excluding carboxylic acids is 1. The van der Waals surface area contributed by atoms with Crippen molar-refractivity contribution in [3.8, 4) is 0 Å². The maximum Gasteiger partial charge on any atom is 0.317 e. The van der Waals surface area contributed by atoms with Gasteiger partial charge in [0.15, 0.2) is 0 Å². The van der Waals surface area contributed by atoms with E-state index in [1.54, 1.807) is 24.3 Å². The minimum atomic E-state index is -0.116. The molecule has 0 atom stereocenters. The molecule has 0 saturated heterocycles. The van der Waals surface area contributed by atoms with Gasteiger partial charge in [0.05, 0.1) is 12.8 Å². The molecule has 2 amide bonds. The zero-order valence-electron chi connectivity index (χ0n) is 10.3. The maximum absolute atomic E-state index is 11.8. The summed E-state index contributed by atoms with van der Waals surface area (Å²) >= 11 is 0. The summed E-state index contributed by atoms with van der Waals surface area (Å²) in [5, 5.41) is 2.80. The summed E-state index contributed by atoms with van der Waals surface area (Å²) in [5.41, 5.74) is 1.10. The van der Waals surface area contributed by atoms with Crippen molar-refractivity contribution in [1.29, 1.82) is 0 Å². The van der Waals surface area contributed by atoms with Crippen LogP contribution in [0.15, 0.2) is 53.1 Å². The lowest BCUT2D eigenvalue weighted by molar-refractivity contribution is 0.205. The quantitative estimate of drug-likeness (QED) is 0.898. The van der Waals surface area contributed by atoms with Crippen molar-refractivity contribution >= 4 is 6.03 Å². The van der Waals surface area contributed by atoms with E-state index in [0.717, 1.165) is 11.3 Å². The smallest absolute Gasteiger partial charge is 0.317 e. The zero-order valence-corrected chi connectivity index (χ0v) is 10.3. The Morgan fingerprint density at radius 1 is 1.22 bits per heavy atom. The molecule has 1 aromatic carbocycles. The fourth-order valence-corrected chi connectivity index (χ4v) is 1.64. The van der Waals surface area contributed by atoms with E-state index in [1.165, 1.54) is 0 Å². The first-order valence-corrected chi connectivity index (χ1v) is 5.81. The summed E-state index contributed by atoms with van der Waals surface area (Å²) in [4.78, 5) is 13.5. The second-order valence-corrected chi connectivity index (χ2v) is 4.08. The number of amides is 2. The van der Waals surface area contributed by atoms with Crippen molar-refractivity contribution in [2.24, 2.45) is 0 Å². The molecule has 4 nitrogen and oxygen atoms in total. The molecule has 0 spiro atoms. The number of benzene rings is 1. The van der Waals surface area contributed by atoms with Gasteiger partial charge in [0, 0.05) is 13.6 Å². The zero-order chi connectivity index (χ0) is 12.8. The Balaban J connectivity index is 1.82. The van der Waals surface area contributed by atoms with E-state index in [9.17, 15) is 4.79 Å². The lowest BCUT2D eigenvalue weighted by atomic mass is 10.2. The normalized spacial score (nSPS) is 10.1. The second kappa shape index (κ2) is 5.91. The maximum atomic E-state index is 11.8. The topological polar surface area (TPSA) is 45.5 Å². The van der Waals surface area contributed by atoms with E-state index in [2.05, 4.69) is 5.32 Å². The number of furan rings is 1. The standard InChI is InChI=1S/C14H16N2O2/c1-16(11-12-6-3-2-4-7-12)14(17)15-10-13-8-5-9-18-13/h2-9H,10-11H2,1H3,(H,15,17). The van der Waals surface area contributed by atoms with Gasteiger partial charge in [-0.05, 0) is 17.7 Å². The van der Waals surface area contributed by atoms with Gasteiger partial charge in [-0.1, -0.05) is 30.3 Å². The average molecular weight is 244 g/mol. The number of urea groups is 1. The SMILES string of the molecule is CN(Cc1ccccc1)C(=O)NCc1ccco1. The first-order valence-electron chi connectivity index (χ1n) is 5.81. The Hall–Kier alpha value is -2.23. The van der Waals surface area contributed by atoms with Gasteiger partial charge in [-0.2, -0.15) is 0 Å². The fourth-order valence-electron chi connectivity index (χ4n) is 1.64. The summed E-state index contributed by atoms with van der Waals surface area (Å²) in [6.45, 7) is 0.996. The average Bonchev–Trinajstić information content (AvgIpc) is 2.90. The molecule has 0 radical (unpaired) electrons. The molecule has 1 N–H and O–H groups in total. The van der Waals surface area contributed by atoms with E-state index in [1.807, 2.05) is 36.4 Å². The molecular weight excluding hydrogens is 228 g/mol. The van der Waals surface area contributed by atoms with Gasteiger partial charge in [0.1, 0.15) is 5.76 Å². The van der Waals surface area contributed by atoms with Crippen LogP contribution >= 0.6 is 0 Å². The number of rotatable bonds is 4. The predicted molar refractivity (Wildman–Crippen MR) is 68.9 cm³/mol. The molecule has 0 bridgehead atoms. The van der Waals surface area contributed by atoms with Crippen LogP contribution in [0.5, 0.6) is 0 Å². The molecule has 0 aliphatic heterocycles. The molecule has 0 unspecified atom stereocenters. The van der Waals surface area contributed by atoms with E-state index in [0.29, 0.717) is 13.1 Å². The van der Waals surface area contributed by atoms with Crippen molar-refractivity contribution in [3.63, 3.8) is 0 Å². The van der Waals surface area contributed by atoms with Crippen LogP contribution in [-0.4, -0.2) is 18.0 Å². The van der Waals surface area contributed by atoms with Crippen LogP contribution in [0, 0.1) is 0 Å². The van der Waals surface area contributed by atoms with Crippen molar-refractivity contribution in [1.82, 2.24) is 10.2 Å². The highest BCUT2D eigenvalue weighted by atomic mass is 16.3. The van der Waals surface area contributed by atoms with Crippen LogP contribution in [-0.2, 0) is 13.1 Å². The van der Waals surface area contributed by atoms with E-state index in [4.69, 9.17) is 4.42 Å². The number of nitrogens with zero attached hydrogens (tertiary/aromatic N) is 1. The lowest BCUT2D eigenvalue weighted by Crippen LogP contribution is -2.36. The molecule has 0 saturated carbocycles. The largest absolute Gasteiger partial charge is 0.467 e. The van der Waals surface area contributed by atoms with Crippen LogP contribution in [0.2, 0.25) is 0 Å². The molecule has 0 fully saturated rings. The summed E-state index contributed by atoms with van der Waals surface area (Å²) < 4.78 is 5.15. The minimum Gasteiger partial charge on any atom is -0.467 e. The van der Waals surface area contributed by atoms with Crippen LogP contribution in [0.1, 0.15) is 11.3 Å². The third-order valence-corrected chi connectivity index (χ3v) is 2.60. The Morgan fingerprint density at radius 2 is 2.00 bits per heavy atom. The molecule has 2 aromatic rings. The van der Waals surface area contributed by atoms with E-state index in [-0.39, 0.29) is 6.03 Å². The molecule has 18 heavy (non-hydrogen) atoms. The van der Waals surface area contributed by atoms with E-state index >= 15 is 0 Å². The lowest BCUT2D eigenvalue weighted by Gasteiger charge is -2.17. The molecular formula is C14H16N2O2. The molecule has 0 aliphatic rings. The molecule has 4 heteroatoms. The fraction of sp³-hybridized carbons (Fsp3) is 0.214. The summed E-state index contributed by atoms with van der Waals surface area (Å²) in [7, 11) is 1.77. The van der Waals surface area contributed by atoms with Crippen molar-refractivity contribution in [2.45, 2.75) is 13.1 Å². The summed E-state index contributed by atoms with van der Waals surface area (Å²) in [6.07, 6.45) is 1.59. The Labute approximate surface area is 106 Å². The van der Waals surface area contributed by atoms with Gasteiger partial charge < -0.3 is 14.6 Å². The van der Waals surface area contributed by atoms with Crippen LogP contribution in [0.25, 0.3) is 0 Å². The third-order valence-electron chi connectivity index (χ3n) is 2.60. The first-order chi connectivity index (χ1) is 8.75. The molecule has 1 aromatic heterocycles. The van der Waals surface area contributed by atoms with E-state index < -0.39 is 0 Å². The summed E-state index contributed by atoms with van der Waals surface area (Å²) in [6, 6.07) is 13.4. The van der Waals surface area contributed by atoms with Gasteiger partial charge in [0.2, 0.25) is 0 Å². The van der Waals surface area contributed by atoms with Crippen LogP contribution in [0.4, 0.5) is 4.79 Å². The van der Waals surface area contributed by atoms with Gasteiger partial charge in [0.25, 0.3) is 0 Å². The van der Waals surface area contributed by atoms with Crippen molar-refractivity contribution in [3.05, 3.63) is 60.1 Å². The number of hydrogen-bond acceptors (Lipinski definition) is 2. The highest BCUT2D eigenvalue weighted by molar-refractivity contribution is 5.73. The van der Waals surface area contributed by atoms with Gasteiger partial charge in [-0.15, -0.1) is 0 Å². The van der Waals surface area contributed by atoms with Crippen LogP contribution in [0.3, 0.4) is 0 Å². The Morgan fingerprint density at radius 3 is 2.67 bits per heavy atom. The van der Waals surface area contributed by atoms with Crippen LogP contribution < -0.4 is 5.32 Å². The number of hydrogen-bond donors (Lipinski definition) is 1. The van der Waals surface area contributed by atoms with Crippen molar-refractivity contribution < 1.29 is 9.21 Å². The predicted octanol–water partition coefficient (Wildman–Crippen LogP) is 2.62. The molecule has 1 heterocycles. The highest BCUT2D eigenvalue weighted by Crippen LogP contribution is 2.03. The Kier molecular flexibility index (Phi) is 4.02. The van der Waals surface area contributed by atoms with Gasteiger partial charge >= 0.3 is 6.03 Å². The third kappa shape index (κ3) is 3.38. The highest BCUT2D eigenvalue weighted by Gasteiger charge is 2.08. The second-order valence-electron chi connectivity index (χ2n) is 4.08. The van der Waals surface area contributed by atoms with Crippen molar-refractivity contribution in [2.75, 3.05) is 7.05 Å². The Bertz CT molecular complexity index is 480. The number of carbonyl (C=O) groups is 1. The first kappa shape index (κ1) is 12.2. The van der Waals surface area contributed by atoms with Gasteiger partial charge in [-0.3, -0.25) is 0 Å². The number of nitrogens with one attached hydrogen (secondary N) is 1. The molecule has 2 rings (SSSR count).